The SMILES string of the molecule is Cn1cnnc1C1CCCN(c2nccc3[nH]cnc23)C1. The van der Waals surface area contributed by atoms with E-state index in [2.05, 4.69) is 30.0 Å². The molecular weight excluding hydrogens is 266 g/mol. The zero-order valence-electron chi connectivity index (χ0n) is 11.9. The third-order valence-electron chi connectivity index (χ3n) is 4.15. The molecule has 0 bridgehead atoms. The van der Waals surface area contributed by atoms with E-state index in [-0.39, 0.29) is 0 Å². The quantitative estimate of drug-likeness (QED) is 0.771. The largest absolute Gasteiger partial charge is 0.354 e. The third kappa shape index (κ3) is 2.05. The van der Waals surface area contributed by atoms with Gasteiger partial charge >= 0.3 is 0 Å². The van der Waals surface area contributed by atoms with Crippen LogP contribution in [0.4, 0.5) is 5.82 Å². The molecule has 0 amide bonds. The number of piperidine rings is 1. The van der Waals surface area contributed by atoms with Crippen molar-refractivity contribution in [2.24, 2.45) is 7.05 Å². The van der Waals surface area contributed by atoms with Crippen molar-refractivity contribution in [1.82, 2.24) is 29.7 Å². The lowest BCUT2D eigenvalue weighted by atomic mass is 9.97. The number of imidazole rings is 1. The second kappa shape index (κ2) is 4.83. The van der Waals surface area contributed by atoms with Gasteiger partial charge in [-0.25, -0.2) is 9.97 Å². The van der Waals surface area contributed by atoms with E-state index in [9.17, 15) is 0 Å². The maximum Gasteiger partial charge on any atom is 0.156 e. The summed E-state index contributed by atoms with van der Waals surface area (Å²) in [4.78, 5) is 14.4. The van der Waals surface area contributed by atoms with Crippen LogP contribution in [0.15, 0.2) is 24.9 Å². The summed E-state index contributed by atoms with van der Waals surface area (Å²) in [6.07, 6.45) is 7.59. The van der Waals surface area contributed by atoms with Gasteiger partial charge in [-0.1, -0.05) is 0 Å². The van der Waals surface area contributed by atoms with Crippen LogP contribution in [-0.2, 0) is 7.05 Å². The van der Waals surface area contributed by atoms with E-state index in [1.807, 2.05) is 23.9 Å². The third-order valence-corrected chi connectivity index (χ3v) is 4.15. The molecule has 0 spiro atoms. The predicted octanol–water partition coefficient (Wildman–Crippen LogP) is 1.47. The smallest absolute Gasteiger partial charge is 0.156 e. The Morgan fingerprint density at radius 3 is 3.14 bits per heavy atom. The summed E-state index contributed by atoms with van der Waals surface area (Å²) < 4.78 is 2.01. The van der Waals surface area contributed by atoms with Gasteiger partial charge in [0.2, 0.25) is 0 Å². The fraction of sp³-hybridized carbons (Fsp3) is 0.429. The minimum atomic E-state index is 0.391. The summed E-state index contributed by atoms with van der Waals surface area (Å²) in [5.74, 6) is 2.40. The maximum atomic E-state index is 4.54. The Kier molecular flexibility index (Phi) is 2.83. The molecule has 1 unspecified atom stereocenters. The number of pyridine rings is 1. The van der Waals surface area contributed by atoms with Crippen molar-refractivity contribution >= 4 is 16.9 Å². The minimum Gasteiger partial charge on any atom is -0.354 e. The first kappa shape index (κ1) is 12.3. The summed E-state index contributed by atoms with van der Waals surface area (Å²) in [7, 11) is 2.00. The molecule has 0 saturated carbocycles. The number of aromatic amines is 1. The average Bonchev–Trinajstić information content (AvgIpc) is 3.15. The number of fused-ring (bicyclic) bond motifs is 1. The number of rotatable bonds is 2. The number of nitrogens with zero attached hydrogens (tertiary/aromatic N) is 6. The van der Waals surface area contributed by atoms with Gasteiger partial charge in [-0.15, -0.1) is 10.2 Å². The number of anilines is 1. The molecule has 4 heterocycles. The summed E-state index contributed by atoms with van der Waals surface area (Å²) in [6, 6.07) is 1.95. The van der Waals surface area contributed by atoms with Gasteiger partial charge in [-0.2, -0.15) is 0 Å². The number of aryl methyl sites for hydroxylation is 1. The van der Waals surface area contributed by atoms with Crippen molar-refractivity contribution in [3.63, 3.8) is 0 Å². The minimum absolute atomic E-state index is 0.391. The number of H-pyrrole nitrogens is 1. The highest BCUT2D eigenvalue weighted by Crippen LogP contribution is 2.30. The fourth-order valence-electron chi connectivity index (χ4n) is 3.13. The first-order valence-corrected chi connectivity index (χ1v) is 7.20. The van der Waals surface area contributed by atoms with Crippen molar-refractivity contribution < 1.29 is 0 Å². The van der Waals surface area contributed by atoms with Gasteiger partial charge in [0.1, 0.15) is 17.7 Å². The molecule has 1 saturated heterocycles. The molecule has 21 heavy (non-hydrogen) atoms. The van der Waals surface area contributed by atoms with Crippen LogP contribution in [0.5, 0.6) is 0 Å². The molecule has 1 N–H and O–H groups in total. The van der Waals surface area contributed by atoms with Gasteiger partial charge in [-0.05, 0) is 18.9 Å². The molecule has 3 aromatic heterocycles. The average molecular weight is 283 g/mol. The molecule has 1 atom stereocenters. The Morgan fingerprint density at radius 2 is 2.29 bits per heavy atom. The molecule has 7 heteroatoms. The Balaban J connectivity index is 1.67. The normalized spacial score (nSPS) is 19.3. The Labute approximate surface area is 122 Å². The molecule has 1 aliphatic heterocycles. The Hall–Kier alpha value is -2.44. The van der Waals surface area contributed by atoms with Gasteiger partial charge in [0.15, 0.2) is 5.82 Å². The first-order chi connectivity index (χ1) is 10.3. The van der Waals surface area contributed by atoms with Crippen LogP contribution in [0.3, 0.4) is 0 Å². The van der Waals surface area contributed by atoms with Crippen LogP contribution in [0, 0.1) is 0 Å². The monoisotopic (exact) mass is 283 g/mol. The molecular formula is C14H17N7. The maximum absolute atomic E-state index is 4.54. The van der Waals surface area contributed by atoms with Crippen molar-refractivity contribution in [3.8, 4) is 0 Å². The lowest BCUT2D eigenvalue weighted by Gasteiger charge is -2.33. The van der Waals surface area contributed by atoms with E-state index in [1.165, 1.54) is 0 Å². The lowest BCUT2D eigenvalue weighted by molar-refractivity contribution is 0.478. The number of hydrogen-bond donors (Lipinski definition) is 1. The van der Waals surface area contributed by atoms with Crippen molar-refractivity contribution in [1.29, 1.82) is 0 Å². The molecule has 1 aliphatic rings. The van der Waals surface area contributed by atoms with Crippen molar-refractivity contribution in [2.75, 3.05) is 18.0 Å². The number of hydrogen-bond acceptors (Lipinski definition) is 5. The molecule has 0 aromatic carbocycles. The van der Waals surface area contributed by atoms with Crippen molar-refractivity contribution in [3.05, 3.63) is 30.7 Å². The summed E-state index contributed by atoms with van der Waals surface area (Å²) in [6.45, 7) is 1.92. The van der Waals surface area contributed by atoms with Gasteiger partial charge < -0.3 is 14.5 Å². The van der Waals surface area contributed by atoms with Gasteiger partial charge in [-0.3, -0.25) is 0 Å². The zero-order valence-corrected chi connectivity index (χ0v) is 11.9. The van der Waals surface area contributed by atoms with Crippen LogP contribution in [0.1, 0.15) is 24.6 Å². The second-order valence-corrected chi connectivity index (χ2v) is 5.52. The number of nitrogens with one attached hydrogen (secondary N) is 1. The molecule has 7 nitrogen and oxygen atoms in total. The first-order valence-electron chi connectivity index (χ1n) is 7.20. The number of aromatic nitrogens is 6. The Bertz CT molecular complexity index is 759. The zero-order chi connectivity index (χ0) is 14.2. The molecule has 3 aromatic rings. The predicted molar refractivity (Wildman–Crippen MR) is 79.1 cm³/mol. The van der Waals surface area contributed by atoms with Crippen molar-refractivity contribution in [2.45, 2.75) is 18.8 Å². The van der Waals surface area contributed by atoms with Crippen LogP contribution >= 0.6 is 0 Å². The molecule has 0 aliphatic carbocycles. The Morgan fingerprint density at radius 1 is 1.33 bits per heavy atom. The standard InChI is InChI=1S/C14H17N7/c1-20-9-18-19-13(20)10-3-2-6-21(7-10)14-12-11(4-5-15-14)16-8-17-12/h4-5,8-10H,2-3,6-7H2,1H3,(H,16,17). The molecule has 0 radical (unpaired) electrons. The van der Waals surface area contributed by atoms with E-state index >= 15 is 0 Å². The highest BCUT2D eigenvalue weighted by molar-refractivity contribution is 5.85. The van der Waals surface area contributed by atoms with E-state index in [1.54, 1.807) is 12.7 Å². The van der Waals surface area contributed by atoms with Crippen LogP contribution in [0.25, 0.3) is 11.0 Å². The summed E-state index contributed by atoms with van der Waals surface area (Å²) in [5, 5.41) is 8.26. The highest BCUT2D eigenvalue weighted by Gasteiger charge is 2.26. The van der Waals surface area contributed by atoms with Crippen LogP contribution < -0.4 is 4.90 Å². The fourth-order valence-corrected chi connectivity index (χ4v) is 3.13. The lowest BCUT2D eigenvalue weighted by Crippen LogP contribution is -2.36. The molecule has 1 fully saturated rings. The van der Waals surface area contributed by atoms with Gasteiger partial charge in [0, 0.05) is 32.3 Å². The highest BCUT2D eigenvalue weighted by atomic mass is 15.3. The van der Waals surface area contributed by atoms with Gasteiger partial charge in [0.05, 0.1) is 11.8 Å². The molecule has 4 rings (SSSR count). The summed E-state index contributed by atoms with van der Waals surface area (Å²) >= 11 is 0. The van der Waals surface area contributed by atoms with Gasteiger partial charge in [0.25, 0.3) is 0 Å². The topological polar surface area (TPSA) is 75.5 Å². The van der Waals surface area contributed by atoms with E-state index in [0.29, 0.717) is 5.92 Å². The van der Waals surface area contributed by atoms with E-state index in [0.717, 1.165) is 48.6 Å². The second-order valence-electron chi connectivity index (χ2n) is 5.52. The summed E-state index contributed by atoms with van der Waals surface area (Å²) in [5.41, 5.74) is 1.97. The molecule has 108 valence electrons. The van der Waals surface area contributed by atoms with Crippen LogP contribution in [0.2, 0.25) is 0 Å². The van der Waals surface area contributed by atoms with Crippen LogP contribution in [-0.4, -0.2) is 42.8 Å². The van der Waals surface area contributed by atoms with E-state index in [4.69, 9.17) is 0 Å². The van der Waals surface area contributed by atoms with E-state index < -0.39 is 0 Å².